The number of Topliss-reactive ketones (excluding diaryl/α,β-unsaturated/α-hetero) is 1. The maximum absolute atomic E-state index is 12.6. The number of benzene rings is 1. The Bertz CT molecular complexity index is 1130. The second-order valence-electron chi connectivity index (χ2n) is 9.22. The summed E-state index contributed by atoms with van der Waals surface area (Å²) in [6.45, 7) is 9.57. The lowest BCUT2D eigenvalue weighted by molar-refractivity contribution is 0.00244. The van der Waals surface area contributed by atoms with Gasteiger partial charge in [0.05, 0.1) is 64.7 Å². The zero-order chi connectivity index (χ0) is 26.0. The van der Waals surface area contributed by atoms with E-state index in [2.05, 4.69) is 20.6 Å². The number of carbonyl (C=O) groups excluding carboxylic acids is 2. The van der Waals surface area contributed by atoms with Crippen LogP contribution in [0.3, 0.4) is 0 Å². The van der Waals surface area contributed by atoms with Crippen molar-refractivity contribution in [3.8, 4) is 0 Å². The normalized spacial score (nSPS) is 11.8. The molecule has 2 heterocycles. The molecule has 3 rings (SSSR count). The Balaban J connectivity index is 1.40. The van der Waals surface area contributed by atoms with Crippen LogP contribution in [0.4, 0.5) is 5.69 Å². The smallest absolute Gasteiger partial charge is 0.277 e. The van der Waals surface area contributed by atoms with Crippen LogP contribution < -0.4 is 5.32 Å². The molecule has 0 spiro atoms. The molecular formula is C25H35N5O6. The summed E-state index contributed by atoms with van der Waals surface area (Å²) < 4.78 is 22.7. The average molecular weight is 502 g/mol. The van der Waals surface area contributed by atoms with E-state index in [1.807, 2.05) is 32.9 Å². The van der Waals surface area contributed by atoms with Crippen LogP contribution in [0.1, 0.15) is 41.7 Å². The third-order valence-electron chi connectivity index (χ3n) is 5.22. The number of aromatic amines is 1. The van der Waals surface area contributed by atoms with E-state index in [1.54, 1.807) is 30.1 Å². The number of aromatic nitrogens is 4. The average Bonchev–Trinajstić information content (AvgIpc) is 3.48. The van der Waals surface area contributed by atoms with Crippen molar-refractivity contribution in [1.82, 2.24) is 20.0 Å². The van der Waals surface area contributed by atoms with Gasteiger partial charge in [0.25, 0.3) is 5.91 Å². The van der Waals surface area contributed by atoms with Crippen molar-refractivity contribution in [2.75, 3.05) is 58.7 Å². The van der Waals surface area contributed by atoms with Gasteiger partial charge < -0.3 is 29.2 Å². The monoisotopic (exact) mass is 501 g/mol. The fraction of sp³-hybridized carbons (Fsp3) is 0.520. The number of ether oxygens (including phenoxy) is 4. The second kappa shape index (κ2) is 13.3. The van der Waals surface area contributed by atoms with Crippen molar-refractivity contribution >= 4 is 28.3 Å². The van der Waals surface area contributed by atoms with Gasteiger partial charge in [-0.15, -0.1) is 5.10 Å². The lowest BCUT2D eigenvalue weighted by Crippen LogP contribution is -2.20. The summed E-state index contributed by atoms with van der Waals surface area (Å²) in [5.74, 6) is -0.343. The van der Waals surface area contributed by atoms with Gasteiger partial charge in [-0.05, 0) is 24.3 Å². The highest BCUT2D eigenvalue weighted by Gasteiger charge is 2.24. The Hall–Kier alpha value is -3.12. The number of carbonyl (C=O) groups is 2. The maximum Gasteiger partial charge on any atom is 0.277 e. The number of rotatable bonds is 15. The topological polar surface area (TPSA) is 130 Å². The van der Waals surface area contributed by atoms with Crippen molar-refractivity contribution in [3.05, 3.63) is 41.9 Å². The molecule has 0 aliphatic rings. The van der Waals surface area contributed by atoms with E-state index in [0.29, 0.717) is 64.2 Å². The summed E-state index contributed by atoms with van der Waals surface area (Å²) in [5.41, 5.74) is 1.69. The minimum absolute atomic E-state index is 0.0285. The third-order valence-corrected chi connectivity index (χ3v) is 5.22. The molecular weight excluding hydrogens is 466 g/mol. The first-order valence-electron chi connectivity index (χ1n) is 11.9. The first kappa shape index (κ1) is 27.5. The van der Waals surface area contributed by atoms with E-state index in [-0.39, 0.29) is 17.4 Å². The Morgan fingerprint density at radius 2 is 1.64 bits per heavy atom. The molecule has 2 aromatic heterocycles. The largest absolute Gasteiger partial charge is 0.382 e. The summed E-state index contributed by atoms with van der Waals surface area (Å²) in [7, 11) is 1.63. The molecule has 11 heteroatoms. The van der Waals surface area contributed by atoms with Gasteiger partial charge in [0, 0.05) is 29.1 Å². The van der Waals surface area contributed by atoms with Crippen molar-refractivity contribution in [3.63, 3.8) is 0 Å². The standard InChI is InChI=1S/C25H35N5O6/c1-25(2,3)23(31)21-16-18-15-19(5-6-20(18)27-21)26-24(32)22-17-30(29-28-22)7-8-34-11-12-36-14-13-35-10-9-33-4/h5-6,15-17,27H,7-14H2,1-4H3,(H,26,32). The van der Waals surface area contributed by atoms with Gasteiger partial charge >= 0.3 is 0 Å². The number of H-pyrrole nitrogens is 1. The number of methoxy groups -OCH3 is 1. The molecule has 196 valence electrons. The number of nitrogens with zero attached hydrogens (tertiary/aromatic N) is 3. The van der Waals surface area contributed by atoms with E-state index < -0.39 is 5.41 Å². The molecule has 36 heavy (non-hydrogen) atoms. The van der Waals surface area contributed by atoms with E-state index in [9.17, 15) is 9.59 Å². The maximum atomic E-state index is 12.6. The van der Waals surface area contributed by atoms with Crippen LogP contribution >= 0.6 is 0 Å². The number of fused-ring (bicyclic) bond motifs is 1. The van der Waals surface area contributed by atoms with Crippen LogP contribution in [0.5, 0.6) is 0 Å². The second-order valence-corrected chi connectivity index (χ2v) is 9.22. The fourth-order valence-corrected chi connectivity index (χ4v) is 3.29. The minimum atomic E-state index is -0.484. The quantitative estimate of drug-likeness (QED) is 0.240. The van der Waals surface area contributed by atoms with E-state index >= 15 is 0 Å². The van der Waals surface area contributed by atoms with Gasteiger partial charge in [0.15, 0.2) is 11.5 Å². The number of anilines is 1. The Morgan fingerprint density at radius 1 is 0.972 bits per heavy atom. The van der Waals surface area contributed by atoms with Crippen LogP contribution in [-0.4, -0.2) is 85.0 Å². The van der Waals surface area contributed by atoms with Crippen LogP contribution in [0, 0.1) is 5.41 Å². The Kier molecular flexibility index (Phi) is 10.1. The molecule has 3 aromatic rings. The van der Waals surface area contributed by atoms with Crippen molar-refractivity contribution < 1.29 is 28.5 Å². The summed E-state index contributed by atoms with van der Waals surface area (Å²) in [4.78, 5) is 28.3. The zero-order valence-corrected chi connectivity index (χ0v) is 21.3. The lowest BCUT2D eigenvalue weighted by Gasteiger charge is -2.14. The summed E-state index contributed by atoms with van der Waals surface area (Å²) in [6.07, 6.45) is 1.57. The van der Waals surface area contributed by atoms with Gasteiger partial charge in [-0.25, -0.2) is 4.68 Å². The van der Waals surface area contributed by atoms with Gasteiger partial charge in [-0.1, -0.05) is 26.0 Å². The molecule has 0 atom stereocenters. The number of ketones is 1. The SMILES string of the molecule is COCCOCCOCCOCCn1cc(C(=O)Nc2ccc3[nH]c(C(=O)C(C)(C)C)cc3c2)nn1. The van der Waals surface area contributed by atoms with E-state index in [0.717, 1.165) is 10.9 Å². The van der Waals surface area contributed by atoms with Crippen molar-refractivity contribution in [2.24, 2.45) is 5.41 Å². The van der Waals surface area contributed by atoms with Crippen LogP contribution in [0.25, 0.3) is 10.9 Å². The highest BCUT2D eigenvalue weighted by atomic mass is 16.6. The Labute approximate surface area is 210 Å². The Morgan fingerprint density at radius 3 is 2.31 bits per heavy atom. The van der Waals surface area contributed by atoms with Gasteiger partial charge in [0.1, 0.15) is 0 Å². The van der Waals surface area contributed by atoms with Crippen molar-refractivity contribution in [2.45, 2.75) is 27.3 Å². The van der Waals surface area contributed by atoms with E-state index in [4.69, 9.17) is 18.9 Å². The molecule has 0 aliphatic carbocycles. The molecule has 1 aromatic carbocycles. The zero-order valence-electron chi connectivity index (χ0n) is 21.3. The number of hydrogen-bond donors (Lipinski definition) is 2. The molecule has 11 nitrogen and oxygen atoms in total. The summed E-state index contributed by atoms with van der Waals surface area (Å²) in [6, 6.07) is 7.22. The number of hydrogen-bond acceptors (Lipinski definition) is 8. The number of nitrogens with one attached hydrogen (secondary N) is 2. The molecule has 0 aliphatic heterocycles. The van der Waals surface area contributed by atoms with Crippen molar-refractivity contribution in [1.29, 1.82) is 0 Å². The molecule has 2 N–H and O–H groups in total. The van der Waals surface area contributed by atoms with Crippen LogP contribution in [-0.2, 0) is 25.5 Å². The number of amides is 1. The third kappa shape index (κ3) is 8.23. The minimum Gasteiger partial charge on any atom is -0.382 e. The summed E-state index contributed by atoms with van der Waals surface area (Å²) in [5, 5.41) is 11.6. The molecule has 0 radical (unpaired) electrons. The van der Waals surface area contributed by atoms with Crippen LogP contribution in [0.15, 0.2) is 30.5 Å². The highest BCUT2D eigenvalue weighted by molar-refractivity contribution is 6.05. The first-order chi connectivity index (χ1) is 17.3. The van der Waals surface area contributed by atoms with Crippen LogP contribution in [0.2, 0.25) is 0 Å². The predicted molar refractivity (Wildman–Crippen MR) is 134 cm³/mol. The molecule has 0 bridgehead atoms. The lowest BCUT2D eigenvalue weighted by atomic mass is 9.89. The van der Waals surface area contributed by atoms with Gasteiger partial charge in [-0.2, -0.15) is 0 Å². The fourth-order valence-electron chi connectivity index (χ4n) is 3.29. The first-order valence-corrected chi connectivity index (χ1v) is 11.9. The molecule has 1 amide bonds. The predicted octanol–water partition coefficient (Wildman–Crippen LogP) is 2.94. The molecule has 0 fully saturated rings. The van der Waals surface area contributed by atoms with E-state index in [1.165, 1.54) is 0 Å². The highest BCUT2D eigenvalue weighted by Crippen LogP contribution is 2.25. The van der Waals surface area contributed by atoms with Gasteiger partial charge in [0.2, 0.25) is 0 Å². The molecule has 0 unspecified atom stereocenters. The van der Waals surface area contributed by atoms with Gasteiger partial charge in [-0.3, -0.25) is 9.59 Å². The summed E-state index contributed by atoms with van der Waals surface area (Å²) >= 11 is 0. The molecule has 0 saturated heterocycles. The molecule has 0 saturated carbocycles.